The van der Waals surface area contributed by atoms with Gasteiger partial charge in [-0.25, -0.2) is 0 Å². The van der Waals surface area contributed by atoms with Crippen molar-refractivity contribution in [2.24, 2.45) is 0 Å². The molecule has 0 aromatic heterocycles. The van der Waals surface area contributed by atoms with Crippen molar-refractivity contribution < 1.29 is 28.6 Å². The predicted molar refractivity (Wildman–Crippen MR) is 247 cm³/mol. The Morgan fingerprint density at radius 2 is 0.638 bits per heavy atom. The molecule has 0 saturated heterocycles. The Hall–Kier alpha value is -2.63. The molecule has 6 nitrogen and oxygen atoms in total. The van der Waals surface area contributed by atoms with Crippen molar-refractivity contribution in [1.82, 2.24) is 0 Å². The molecule has 6 heteroatoms. The molecule has 0 aromatic carbocycles. The summed E-state index contributed by atoms with van der Waals surface area (Å²) in [7, 11) is 0. The van der Waals surface area contributed by atoms with Gasteiger partial charge in [0, 0.05) is 19.3 Å². The van der Waals surface area contributed by atoms with Gasteiger partial charge < -0.3 is 14.2 Å². The maximum absolute atomic E-state index is 12.7. The Balaban J connectivity index is 4.43. The number of unbranched alkanes of at least 4 members (excludes halogenated alkanes) is 25. The van der Waals surface area contributed by atoms with E-state index in [1.165, 1.54) is 135 Å². The number of carbonyl (C=O) groups is 3. The molecular formula is C52H92O6. The predicted octanol–water partition coefficient (Wildman–Crippen LogP) is 15.9. The second kappa shape index (κ2) is 47.1. The summed E-state index contributed by atoms with van der Waals surface area (Å²) >= 11 is 0. The molecule has 0 spiro atoms. The topological polar surface area (TPSA) is 78.9 Å². The highest BCUT2D eigenvalue weighted by atomic mass is 16.6. The van der Waals surface area contributed by atoms with E-state index in [0.29, 0.717) is 19.3 Å². The first-order valence-electron chi connectivity index (χ1n) is 24.6. The van der Waals surface area contributed by atoms with Gasteiger partial charge in [-0.05, 0) is 57.8 Å². The molecule has 0 aliphatic rings. The lowest BCUT2D eigenvalue weighted by Crippen LogP contribution is -2.30. The molecule has 0 bridgehead atoms. The lowest BCUT2D eigenvalue weighted by Gasteiger charge is -2.18. The number of allylic oxidation sites excluding steroid dienone is 8. The van der Waals surface area contributed by atoms with Gasteiger partial charge in [0.2, 0.25) is 0 Å². The Morgan fingerprint density at radius 1 is 0.345 bits per heavy atom. The average Bonchev–Trinajstić information content (AvgIpc) is 3.22. The minimum absolute atomic E-state index is 0.0868. The fourth-order valence-electron chi connectivity index (χ4n) is 6.85. The fourth-order valence-corrected chi connectivity index (χ4v) is 6.85. The zero-order valence-corrected chi connectivity index (χ0v) is 38.3. The third-order valence-corrected chi connectivity index (χ3v) is 10.6. The first kappa shape index (κ1) is 55.4. The van der Waals surface area contributed by atoms with E-state index in [4.69, 9.17) is 14.2 Å². The van der Waals surface area contributed by atoms with Crippen molar-refractivity contribution in [2.45, 2.75) is 252 Å². The van der Waals surface area contributed by atoms with Gasteiger partial charge in [-0.15, -0.1) is 0 Å². The van der Waals surface area contributed by atoms with Gasteiger partial charge in [-0.1, -0.05) is 217 Å². The van der Waals surface area contributed by atoms with E-state index >= 15 is 0 Å². The van der Waals surface area contributed by atoms with Gasteiger partial charge in [0.25, 0.3) is 0 Å². The van der Waals surface area contributed by atoms with Crippen LogP contribution < -0.4 is 0 Å². The Kier molecular flexibility index (Phi) is 44.9. The summed E-state index contributed by atoms with van der Waals surface area (Å²) in [4.78, 5) is 37.8. The van der Waals surface area contributed by atoms with Gasteiger partial charge in [0.05, 0.1) is 0 Å². The van der Waals surface area contributed by atoms with Crippen LogP contribution in [0.15, 0.2) is 48.6 Å². The molecule has 0 rings (SSSR count). The molecule has 0 N–H and O–H groups in total. The standard InChI is InChI=1S/C52H92O6/c1-4-7-10-13-16-19-22-24-25-26-27-28-31-33-36-39-42-45-51(54)57-48-49(47-56-50(53)44-41-38-35-32-29-21-18-15-12-9-6-3)58-52(55)46-43-40-37-34-30-23-20-17-14-11-8-5-2/h16,19,24-25,27-28,33,36,49H,4-15,17-18,20-23,26,29-32,34-35,37-48H2,1-3H3/b19-16-,25-24-,28-27-,36-33-/t49-/m0/s1. The molecule has 0 aromatic rings. The van der Waals surface area contributed by atoms with Gasteiger partial charge in [0.1, 0.15) is 13.2 Å². The maximum atomic E-state index is 12.7. The first-order chi connectivity index (χ1) is 28.5. The monoisotopic (exact) mass is 813 g/mol. The molecule has 0 aliphatic carbocycles. The van der Waals surface area contributed by atoms with Crippen molar-refractivity contribution in [3.63, 3.8) is 0 Å². The quantitative estimate of drug-likeness (QED) is 0.0264. The van der Waals surface area contributed by atoms with Gasteiger partial charge in [0.15, 0.2) is 6.10 Å². The molecular weight excluding hydrogens is 721 g/mol. The molecule has 0 heterocycles. The zero-order valence-electron chi connectivity index (χ0n) is 38.3. The van der Waals surface area contributed by atoms with Crippen molar-refractivity contribution >= 4 is 17.9 Å². The van der Waals surface area contributed by atoms with Crippen LogP contribution in [0.4, 0.5) is 0 Å². The van der Waals surface area contributed by atoms with Crippen LogP contribution in [-0.2, 0) is 28.6 Å². The summed E-state index contributed by atoms with van der Waals surface area (Å²) in [6.45, 7) is 6.56. The summed E-state index contributed by atoms with van der Waals surface area (Å²) in [6, 6.07) is 0. The normalized spacial score (nSPS) is 12.4. The van der Waals surface area contributed by atoms with E-state index in [-0.39, 0.29) is 37.5 Å². The third kappa shape index (κ3) is 44.5. The van der Waals surface area contributed by atoms with Crippen molar-refractivity contribution in [3.8, 4) is 0 Å². The van der Waals surface area contributed by atoms with Crippen molar-refractivity contribution in [2.75, 3.05) is 13.2 Å². The van der Waals surface area contributed by atoms with Gasteiger partial charge in [-0.3, -0.25) is 14.4 Å². The zero-order chi connectivity index (χ0) is 42.3. The van der Waals surface area contributed by atoms with Crippen LogP contribution in [0.1, 0.15) is 245 Å². The number of carbonyl (C=O) groups excluding carboxylic acids is 3. The molecule has 0 radical (unpaired) electrons. The highest BCUT2D eigenvalue weighted by Crippen LogP contribution is 2.15. The average molecular weight is 813 g/mol. The number of rotatable bonds is 44. The summed E-state index contributed by atoms with van der Waals surface area (Å²) in [5.74, 6) is -0.941. The summed E-state index contributed by atoms with van der Waals surface area (Å²) in [6.07, 6.45) is 55.2. The highest BCUT2D eigenvalue weighted by Gasteiger charge is 2.19. The Bertz CT molecular complexity index is 1030. The number of esters is 3. The minimum Gasteiger partial charge on any atom is -0.462 e. The minimum atomic E-state index is -0.788. The molecule has 0 amide bonds. The van der Waals surface area contributed by atoms with Crippen LogP contribution in [0, 0.1) is 0 Å². The first-order valence-corrected chi connectivity index (χ1v) is 24.6. The molecule has 1 atom stereocenters. The van der Waals surface area contributed by atoms with Gasteiger partial charge >= 0.3 is 17.9 Å². The number of ether oxygens (including phenoxy) is 3. The summed E-state index contributed by atoms with van der Waals surface area (Å²) < 4.78 is 16.7. The smallest absolute Gasteiger partial charge is 0.306 e. The Morgan fingerprint density at radius 3 is 1.03 bits per heavy atom. The Labute approximate surface area is 358 Å². The maximum Gasteiger partial charge on any atom is 0.306 e. The van der Waals surface area contributed by atoms with Gasteiger partial charge in [-0.2, -0.15) is 0 Å². The number of hydrogen-bond donors (Lipinski definition) is 0. The van der Waals surface area contributed by atoms with Crippen LogP contribution in [-0.4, -0.2) is 37.2 Å². The second-order valence-electron chi connectivity index (χ2n) is 16.4. The van der Waals surface area contributed by atoms with E-state index < -0.39 is 6.10 Å². The third-order valence-electron chi connectivity index (χ3n) is 10.6. The van der Waals surface area contributed by atoms with Crippen LogP contribution in [0.2, 0.25) is 0 Å². The summed E-state index contributed by atoms with van der Waals surface area (Å²) in [5, 5.41) is 0. The molecule has 336 valence electrons. The number of hydrogen-bond acceptors (Lipinski definition) is 6. The molecule has 58 heavy (non-hydrogen) atoms. The largest absolute Gasteiger partial charge is 0.462 e. The lowest BCUT2D eigenvalue weighted by atomic mass is 10.0. The van der Waals surface area contributed by atoms with Crippen LogP contribution >= 0.6 is 0 Å². The summed E-state index contributed by atoms with van der Waals surface area (Å²) in [5.41, 5.74) is 0. The second-order valence-corrected chi connectivity index (χ2v) is 16.4. The lowest BCUT2D eigenvalue weighted by molar-refractivity contribution is -0.167. The van der Waals surface area contributed by atoms with E-state index in [2.05, 4.69) is 69.4 Å². The molecule has 0 saturated carbocycles. The van der Waals surface area contributed by atoms with Crippen molar-refractivity contribution in [3.05, 3.63) is 48.6 Å². The SMILES string of the molecule is CCCCC/C=C\C/C=C\C/C=C\C/C=C\CCCC(=O)OC[C@H](COC(=O)CCCCCCCCCCCCC)OC(=O)CCCCCCCCCCCCCC. The van der Waals surface area contributed by atoms with E-state index in [1.807, 2.05) is 0 Å². The fraction of sp³-hybridized carbons (Fsp3) is 0.788. The van der Waals surface area contributed by atoms with E-state index in [0.717, 1.165) is 64.2 Å². The van der Waals surface area contributed by atoms with Crippen molar-refractivity contribution in [1.29, 1.82) is 0 Å². The van der Waals surface area contributed by atoms with E-state index in [9.17, 15) is 14.4 Å². The molecule has 0 aliphatic heterocycles. The van der Waals surface area contributed by atoms with E-state index in [1.54, 1.807) is 0 Å². The highest BCUT2D eigenvalue weighted by molar-refractivity contribution is 5.71. The van der Waals surface area contributed by atoms with Crippen LogP contribution in [0.25, 0.3) is 0 Å². The molecule has 0 unspecified atom stereocenters. The van der Waals surface area contributed by atoms with Crippen LogP contribution in [0.5, 0.6) is 0 Å². The molecule has 0 fully saturated rings. The van der Waals surface area contributed by atoms with Crippen LogP contribution in [0.3, 0.4) is 0 Å².